The van der Waals surface area contributed by atoms with Gasteiger partial charge < -0.3 is 10.4 Å². The lowest BCUT2D eigenvalue weighted by Gasteiger charge is -2.33. The molecule has 0 saturated heterocycles. The van der Waals surface area contributed by atoms with Crippen molar-refractivity contribution in [1.29, 1.82) is 0 Å². The van der Waals surface area contributed by atoms with Crippen LogP contribution in [-0.2, 0) is 16.0 Å². The molecule has 1 aliphatic rings. The zero-order valence-electron chi connectivity index (χ0n) is 14.5. The predicted octanol–water partition coefficient (Wildman–Crippen LogP) is 3.95. The third-order valence-corrected chi connectivity index (χ3v) is 4.90. The van der Waals surface area contributed by atoms with Crippen LogP contribution in [0.5, 0.6) is 0 Å². The molecule has 0 aromatic heterocycles. The fourth-order valence-electron chi connectivity index (χ4n) is 3.57. The Balaban J connectivity index is 2.07. The van der Waals surface area contributed by atoms with Gasteiger partial charge in [-0.05, 0) is 31.2 Å². The first kappa shape index (κ1) is 20.3. The van der Waals surface area contributed by atoms with Gasteiger partial charge in [0.2, 0.25) is 5.91 Å². The molecule has 26 heavy (non-hydrogen) atoms. The summed E-state index contributed by atoms with van der Waals surface area (Å²) in [5, 5.41) is 11.6. The molecule has 1 saturated carbocycles. The number of carboxylic acids is 1. The highest BCUT2D eigenvalue weighted by Gasteiger charge is 2.48. The zero-order chi connectivity index (χ0) is 19.2. The highest BCUT2D eigenvalue weighted by atomic mass is 19.4. The summed E-state index contributed by atoms with van der Waals surface area (Å²) in [6.45, 7) is 0. The van der Waals surface area contributed by atoms with E-state index in [1.165, 1.54) is 0 Å². The summed E-state index contributed by atoms with van der Waals surface area (Å²) >= 11 is 0. The fraction of sp³-hybridized carbons (Fsp3) is 0.579. The minimum absolute atomic E-state index is 0.0277. The molecule has 1 aromatic carbocycles. The number of carboxylic acid groups (broad SMARTS) is 1. The van der Waals surface area contributed by atoms with Crippen LogP contribution in [0.1, 0.15) is 44.1 Å². The molecule has 0 bridgehead atoms. The maximum Gasteiger partial charge on any atom is 0.392 e. The number of hydrogen-bond acceptors (Lipinski definition) is 2. The molecular weight excluding hydrogens is 347 g/mol. The van der Waals surface area contributed by atoms with E-state index in [0.717, 1.165) is 5.56 Å². The highest BCUT2D eigenvalue weighted by molar-refractivity contribution is 5.79. The number of carbonyl (C=O) groups excluding carboxylic acids is 1. The second-order valence-corrected chi connectivity index (χ2v) is 6.87. The molecular formula is C19H24F3NO3. The van der Waals surface area contributed by atoms with E-state index in [1.807, 2.05) is 30.3 Å². The van der Waals surface area contributed by atoms with E-state index < -0.39 is 35.9 Å². The normalized spacial score (nSPS) is 21.8. The molecule has 1 aromatic rings. The van der Waals surface area contributed by atoms with Gasteiger partial charge >= 0.3 is 12.1 Å². The number of carbonyl (C=O) groups is 2. The Morgan fingerprint density at radius 1 is 1.15 bits per heavy atom. The average molecular weight is 371 g/mol. The van der Waals surface area contributed by atoms with Gasteiger partial charge in [0.05, 0.1) is 5.92 Å². The van der Waals surface area contributed by atoms with Crippen molar-refractivity contribution in [1.82, 2.24) is 5.32 Å². The van der Waals surface area contributed by atoms with E-state index in [-0.39, 0.29) is 25.7 Å². The van der Waals surface area contributed by atoms with E-state index >= 15 is 0 Å². The van der Waals surface area contributed by atoms with E-state index in [2.05, 4.69) is 5.32 Å². The van der Waals surface area contributed by atoms with Crippen LogP contribution in [0.4, 0.5) is 13.2 Å². The molecule has 7 heteroatoms. The lowest BCUT2D eigenvalue weighted by atomic mass is 9.78. The van der Waals surface area contributed by atoms with E-state index in [1.54, 1.807) is 0 Å². The minimum Gasteiger partial charge on any atom is -0.481 e. The van der Waals surface area contributed by atoms with Crippen molar-refractivity contribution in [3.8, 4) is 0 Å². The summed E-state index contributed by atoms with van der Waals surface area (Å²) in [5.41, 5.74) is 0.902. The van der Waals surface area contributed by atoms with Gasteiger partial charge in [-0.2, -0.15) is 13.2 Å². The minimum atomic E-state index is -4.39. The summed E-state index contributed by atoms with van der Waals surface area (Å²) in [4.78, 5) is 23.4. The van der Waals surface area contributed by atoms with Gasteiger partial charge in [-0.3, -0.25) is 9.59 Å². The third-order valence-electron chi connectivity index (χ3n) is 4.90. The largest absolute Gasteiger partial charge is 0.481 e. The van der Waals surface area contributed by atoms with Gasteiger partial charge in [0.15, 0.2) is 0 Å². The number of hydrogen-bond donors (Lipinski definition) is 2. The maximum atomic E-state index is 13.2. The SMILES string of the molecule is O=C(O)CCC(Cc1ccccc1)NC(=O)C1CCCCC1C(F)(F)F. The van der Waals surface area contributed by atoms with Crippen molar-refractivity contribution in [2.24, 2.45) is 11.8 Å². The molecule has 0 aliphatic heterocycles. The van der Waals surface area contributed by atoms with Gasteiger partial charge in [0.1, 0.15) is 0 Å². The molecule has 0 spiro atoms. The summed E-state index contributed by atoms with van der Waals surface area (Å²) in [6, 6.07) is 8.68. The Labute approximate surface area is 150 Å². The Hall–Kier alpha value is -2.05. The summed E-state index contributed by atoms with van der Waals surface area (Å²) in [5.74, 6) is -4.32. The monoisotopic (exact) mass is 371 g/mol. The van der Waals surface area contributed by atoms with Crippen molar-refractivity contribution in [3.05, 3.63) is 35.9 Å². The third kappa shape index (κ3) is 6.04. The highest BCUT2D eigenvalue weighted by Crippen LogP contribution is 2.41. The van der Waals surface area contributed by atoms with Crippen LogP contribution in [-0.4, -0.2) is 29.2 Å². The molecule has 2 rings (SSSR count). The second kappa shape index (κ2) is 9.05. The summed E-state index contributed by atoms with van der Waals surface area (Å²) in [6.07, 6.45) is -2.71. The molecule has 0 heterocycles. The van der Waals surface area contributed by atoms with Crippen LogP contribution < -0.4 is 5.32 Å². The molecule has 144 valence electrons. The van der Waals surface area contributed by atoms with Crippen molar-refractivity contribution in [2.75, 3.05) is 0 Å². The van der Waals surface area contributed by atoms with Gasteiger partial charge in [-0.1, -0.05) is 43.2 Å². The number of rotatable bonds is 7. The quantitative estimate of drug-likeness (QED) is 0.763. The first-order chi connectivity index (χ1) is 12.3. The van der Waals surface area contributed by atoms with Crippen LogP contribution in [0.15, 0.2) is 30.3 Å². The number of nitrogens with one attached hydrogen (secondary N) is 1. The fourth-order valence-corrected chi connectivity index (χ4v) is 3.57. The number of halogens is 3. The number of amides is 1. The first-order valence-electron chi connectivity index (χ1n) is 8.90. The van der Waals surface area contributed by atoms with Crippen LogP contribution in [0.25, 0.3) is 0 Å². The molecule has 4 nitrogen and oxygen atoms in total. The molecule has 3 atom stereocenters. The molecule has 2 N–H and O–H groups in total. The van der Waals surface area contributed by atoms with Gasteiger partial charge in [-0.25, -0.2) is 0 Å². The molecule has 3 unspecified atom stereocenters. The van der Waals surface area contributed by atoms with E-state index in [4.69, 9.17) is 5.11 Å². The lowest BCUT2D eigenvalue weighted by molar-refractivity contribution is -0.198. The van der Waals surface area contributed by atoms with Crippen molar-refractivity contribution >= 4 is 11.9 Å². The molecule has 1 fully saturated rings. The topological polar surface area (TPSA) is 66.4 Å². The number of alkyl halides is 3. The first-order valence-corrected chi connectivity index (χ1v) is 8.90. The van der Waals surface area contributed by atoms with Crippen LogP contribution in [0.2, 0.25) is 0 Å². The zero-order valence-corrected chi connectivity index (χ0v) is 14.5. The Morgan fingerprint density at radius 2 is 1.81 bits per heavy atom. The smallest absolute Gasteiger partial charge is 0.392 e. The molecule has 0 radical (unpaired) electrons. The maximum absolute atomic E-state index is 13.2. The van der Waals surface area contributed by atoms with Crippen molar-refractivity contribution in [3.63, 3.8) is 0 Å². The van der Waals surface area contributed by atoms with Crippen LogP contribution >= 0.6 is 0 Å². The molecule has 1 aliphatic carbocycles. The summed E-state index contributed by atoms with van der Waals surface area (Å²) in [7, 11) is 0. The number of benzene rings is 1. The van der Waals surface area contributed by atoms with Gasteiger partial charge in [-0.15, -0.1) is 0 Å². The number of aliphatic carboxylic acids is 1. The Kier molecular flexibility index (Phi) is 7.06. The van der Waals surface area contributed by atoms with Gasteiger partial charge in [0, 0.05) is 18.4 Å². The Bertz CT molecular complexity index is 604. The lowest BCUT2D eigenvalue weighted by Crippen LogP contribution is -2.46. The van der Waals surface area contributed by atoms with Crippen molar-refractivity contribution in [2.45, 2.75) is 57.2 Å². The van der Waals surface area contributed by atoms with Crippen molar-refractivity contribution < 1.29 is 27.9 Å². The van der Waals surface area contributed by atoms with Crippen LogP contribution in [0.3, 0.4) is 0 Å². The van der Waals surface area contributed by atoms with Crippen LogP contribution in [0, 0.1) is 11.8 Å². The molecule has 1 amide bonds. The van der Waals surface area contributed by atoms with E-state index in [9.17, 15) is 22.8 Å². The summed E-state index contributed by atoms with van der Waals surface area (Å²) < 4.78 is 39.7. The standard InChI is InChI=1S/C19H24F3NO3/c20-19(21,22)16-9-5-4-8-15(16)18(26)23-14(10-11-17(24)25)12-13-6-2-1-3-7-13/h1-3,6-7,14-16H,4-5,8-12H2,(H,23,26)(H,24,25). The second-order valence-electron chi connectivity index (χ2n) is 6.87. The van der Waals surface area contributed by atoms with E-state index in [0.29, 0.717) is 19.3 Å². The Morgan fingerprint density at radius 3 is 2.42 bits per heavy atom. The predicted molar refractivity (Wildman–Crippen MR) is 90.4 cm³/mol. The van der Waals surface area contributed by atoms with Gasteiger partial charge in [0.25, 0.3) is 0 Å². The average Bonchev–Trinajstić information content (AvgIpc) is 2.59.